The lowest BCUT2D eigenvalue weighted by Crippen LogP contribution is -3.00. The van der Waals surface area contributed by atoms with Crippen LogP contribution in [0.1, 0.15) is 12.0 Å². The normalized spacial score (nSPS) is 14.7. The van der Waals surface area contributed by atoms with Crippen LogP contribution in [-0.2, 0) is 4.79 Å². The molecule has 4 nitrogen and oxygen atoms in total. The Labute approximate surface area is 156 Å². The highest BCUT2D eigenvalue weighted by Gasteiger charge is 2.17. The largest absolute Gasteiger partial charge is 1.00 e. The number of benzene rings is 2. The van der Waals surface area contributed by atoms with E-state index < -0.39 is 0 Å². The van der Waals surface area contributed by atoms with Gasteiger partial charge in [0.25, 0.3) is 0 Å². The molecular weight excluding hydrogens is 334 g/mol. The zero-order valence-corrected chi connectivity index (χ0v) is 15.4. The van der Waals surface area contributed by atoms with Gasteiger partial charge in [-0.2, -0.15) is 0 Å². The fourth-order valence-electron chi connectivity index (χ4n) is 2.99. The van der Waals surface area contributed by atoms with Crippen molar-refractivity contribution < 1.29 is 17.2 Å². The molecule has 0 aromatic heterocycles. The molecule has 0 atom stereocenters. The minimum Gasteiger partial charge on any atom is -1.00 e. The summed E-state index contributed by atoms with van der Waals surface area (Å²) in [6.45, 7) is 6.91. The topological polar surface area (TPSA) is 35.6 Å². The molecule has 0 bridgehead atoms. The molecule has 1 heterocycles. The van der Waals surface area contributed by atoms with Crippen LogP contribution in [0.5, 0.6) is 0 Å². The van der Waals surface area contributed by atoms with Crippen molar-refractivity contribution in [2.24, 2.45) is 0 Å². The van der Waals surface area contributed by atoms with E-state index in [0.717, 1.165) is 38.4 Å². The second kappa shape index (κ2) is 9.44. The first-order valence-electron chi connectivity index (χ1n) is 8.59. The van der Waals surface area contributed by atoms with Crippen molar-refractivity contribution in [3.8, 4) is 0 Å². The number of carbonyl (C=O) groups is 1. The Morgan fingerprint density at radius 1 is 0.960 bits per heavy atom. The Hall–Kier alpha value is -2.04. The Kier molecular flexibility index (Phi) is 7.29. The Bertz CT molecular complexity index is 652. The minimum atomic E-state index is 0. The monoisotopic (exact) mass is 358 g/mol. The van der Waals surface area contributed by atoms with Crippen LogP contribution >= 0.6 is 0 Å². The van der Waals surface area contributed by atoms with E-state index in [0.29, 0.717) is 6.42 Å². The molecule has 0 unspecified atom stereocenters. The summed E-state index contributed by atoms with van der Waals surface area (Å²) in [6, 6.07) is 18.4. The summed E-state index contributed by atoms with van der Waals surface area (Å²) in [5, 5.41) is 2.97. The molecule has 0 spiro atoms. The van der Waals surface area contributed by atoms with E-state index in [1.54, 1.807) is 0 Å². The smallest absolute Gasteiger partial charge is 0.225 e. The van der Waals surface area contributed by atoms with Crippen molar-refractivity contribution >= 4 is 17.3 Å². The zero-order valence-electron chi connectivity index (χ0n) is 14.6. The molecule has 1 saturated heterocycles. The molecule has 0 aliphatic carbocycles. The molecule has 25 heavy (non-hydrogen) atoms. The molecule has 2 aromatic rings. The summed E-state index contributed by atoms with van der Waals surface area (Å²) in [5.74, 6) is 0.0874. The van der Waals surface area contributed by atoms with Gasteiger partial charge < -0.3 is 22.6 Å². The van der Waals surface area contributed by atoms with Gasteiger partial charge in [-0.15, -0.1) is 0 Å². The maximum atomic E-state index is 12.1. The second-order valence-corrected chi connectivity index (χ2v) is 6.33. The number of para-hydroxylation sites is 1. The van der Waals surface area contributed by atoms with Gasteiger partial charge in [-0.05, 0) is 31.2 Å². The summed E-state index contributed by atoms with van der Waals surface area (Å²) in [5.41, 5.74) is 3.36. The van der Waals surface area contributed by atoms with E-state index in [1.807, 2.05) is 37.3 Å². The van der Waals surface area contributed by atoms with Gasteiger partial charge >= 0.3 is 0 Å². The van der Waals surface area contributed by atoms with Gasteiger partial charge in [0.15, 0.2) is 0 Å². The molecule has 1 aliphatic heterocycles. The third kappa shape index (κ3) is 5.76. The number of aryl methyl sites for hydroxylation is 1. The standard InChI is InChI=1S/C20H25N3O.ClH/c1-17-7-9-18(10-8-17)21-20(24)11-12-22-13-15-23(16-14-22)19-5-3-2-4-6-19;/h2-10H,11-16H2,1H3,(H,21,24);1H/p-1. The predicted molar refractivity (Wildman–Crippen MR) is 99.5 cm³/mol. The Balaban J connectivity index is 0.00000225. The summed E-state index contributed by atoms with van der Waals surface area (Å²) in [4.78, 5) is 16.9. The summed E-state index contributed by atoms with van der Waals surface area (Å²) < 4.78 is 0. The fraction of sp³-hybridized carbons (Fsp3) is 0.350. The molecule has 5 heteroatoms. The molecule has 3 rings (SSSR count). The molecule has 1 aliphatic rings. The van der Waals surface area contributed by atoms with Crippen LogP contribution in [-0.4, -0.2) is 43.5 Å². The highest BCUT2D eigenvalue weighted by Crippen LogP contribution is 2.15. The summed E-state index contributed by atoms with van der Waals surface area (Å²) in [7, 11) is 0. The van der Waals surface area contributed by atoms with Crippen LogP contribution in [0.15, 0.2) is 54.6 Å². The van der Waals surface area contributed by atoms with E-state index >= 15 is 0 Å². The van der Waals surface area contributed by atoms with E-state index in [2.05, 4.69) is 39.4 Å². The third-order valence-corrected chi connectivity index (χ3v) is 4.48. The molecule has 1 N–H and O–H groups in total. The first kappa shape index (κ1) is 19.3. The number of rotatable bonds is 5. The van der Waals surface area contributed by atoms with Gasteiger partial charge in [0.1, 0.15) is 0 Å². The number of hydrogen-bond acceptors (Lipinski definition) is 3. The lowest BCUT2D eigenvalue weighted by atomic mass is 10.2. The number of halogens is 1. The lowest BCUT2D eigenvalue weighted by Gasteiger charge is -2.36. The minimum absolute atomic E-state index is 0. The van der Waals surface area contributed by atoms with E-state index in [1.165, 1.54) is 11.3 Å². The number of hydrogen-bond donors (Lipinski definition) is 1. The van der Waals surface area contributed by atoms with Crippen LogP contribution in [0.3, 0.4) is 0 Å². The van der Waals surface area contributed by atoms with Crippen molar-refractivity contribution in [3.63, 3.8) is 0 Å². The van der Waals surface area contributed by atoms with Crippen molar-refractivity contribution in [1.29, 1.82) is 0 Å². The molecule has 0 saturated carbocycles. The summed E-state index contributed by atoms with van der Waals surface area (Å²) >= 11 is 0. The van der Waals surface area contributed by atoms with Gasteiger partial charge in [0.05, 0.1) is 0 Å². The summed E-state index contributed by atoms with van der Waals surface area (Å²) in [6.07, 6.45) is 0.541. The number of nitrogens with zero attached hydrogens (tertiary/aromatic N) is 2. The molecular formula is C20H25ClN3O-. The predicted octanol–water partition coefficient (Wildman–Crippen LogP) is 0.150. The van der Waals surface area contributed by atoms with Crippen molar-refractivity contribution in [2.75, 3.05) is 42.9 Å². The zero-order chi connectivity index (χ0) is 16.8. The van der Waals surface area contributed by atoms with Gasteiger partial charge in [-0.25, -0.2) is 0 Å². The van der Waals surface area contributed by atoms with Crippen LogP contribution in [0, 0.1) is 6.92 Å². The molecule has 2 aromatic carbocycles. The van der Waals surface area contributed by atoms with Crippen LogP contribution in [0.4, 0.5) is 11.4 Å². The van der Waals surface area contributed by atoms with Gasteiger partial charge in [0, 0.05) is 50.5 Å². The van der Waals surface area contributed by atoms with Crippen molar-refractivity contribution in [3.05, 3.63) is 60.2 Å². The quantitative estimate of drug-likeness (QED) is 0.826. The first-order chi connectivity index (χ1) is 11.7. The van der Waals surface area contributed by atoms with Gasteiger partial charge in [-0.3, -0.25) is 9.69 Å². The first-order valence-corrected chi connectivity index (χ1v) is 8.59. The van der Waals surface area contributed by atoms with Crippen LogP contribution in [0.25, 0.3) is 0 Å². The molecule has 0 radical (unpaired) electrons. The number of nitrogens with one attached hydrogen (secondary N) is 1. The van der Waals surface area contributed by atoms with E-state index in [9.17, 15) is 4.79 Å². The van der Waals surface area contributed by atoms with Gasteiger partial charge in [-0.1, -0.05) is 35.9 Å². The van der Waals surface area contributed by atoms with Crippen molar-refractivity contribution in [2.45, 2.75) is 13.3 Å². The highest BCUT2D eigenvalue weighted by molar-refractivity contribution is 5.90. The van der Waals surface area contributed by atoms with E-state index in [4.69, 9.17) is 0 Å². The maximum Gasteiger partial charge on any atom is 0.225 e. The highest BCUT2D eigenvalue weighted by atomic mass is 35.5. The average molecular weight is 359 g/mol. The number of amides is 1. The molecule has 134 valence electrons. The molecule has 1 amide bonds. The van der Waals surface area contributed by atoms with Crippen molar-refractivity contribution in [1.82, 2.24) is 4.90 Å². The van der Waals surface area contributed by atoms with Gasteiger partial charge in [0.2, 0.25) is 5.91 Å². The SMILES string of the molecule is Cc1ccc(NC(=O)CCN2CCN(c3ccccc3)CC2)cc1.[Cl-]. The lowest BCUT2D eigenvalue weighted by molar-refractivity contribution is -0.116. The van der Waals surface area contributed by atoms with Crippen LogP contribution in [0.2, 0.25) is 0 Å². The Morgan fingerprint density at radius 3 is 2.24 bits per heavy atom. The Morgan fingerprint density at radius 2 is 1.60 bits per heavy atom. The number of anilines is 2. The fourth-order valence-corrected chi connectivity index (χ4v) is 2.99. The second-order valence-electron chi connectivity index (χ2n) is 6.33. The average Bonchev–Trinajstić information content (AvgIpc) is 2.63. The van der Waals surface area contributed by atoms with Crippen LogP contribution < -0.4 is 22.6 Å². The number of carbonyl (C=O) groups excluding carboxylic acids is 1. The third-order valence-electron chi connectivity index (χ3n) is 4.48. The number of piperazine rings is 1. The van der Waals surface area contributed by atoms with E-state index in [-0.39, 0.29) is 18.3 Å². The molecule has 1 fully saturated rings. The maximum absolute atomic E-state index is 12.1.